The Balaban J connectivity index is 1.40. The quantitative estimate of drug-likeness (QED) is 0.365. The predicted molar refractivity (Wildman–Crippen MR) is 189 cm³/mol. The lowest BCUT2D eigenvalue weighted by molar-refractivity contribution is -0.116. The molecule has 11 heteroatoms. The number of methoxy groups -OCH3 is 1. The minimum atomic E-state index is -3.37. The SMILES string of the molecule is CO[C@H]1/C=C/CCC[S@@](=O)(CC(=O)CCS(C)(=O)=O)=NC(=O)c2ccc3c(c2)N(C[C@@H]2CC[C@H]21)C[C@@]1(CCCc2cc(C)ccc21)CO3. The van der Waals surface area contributed by atoms with Crippen molar-refractivity contribution in [2.45, 2.75) is 69.8 Å². The number of Topliss-reactive ketones (excluding diaryl/α,β-unsaturated/α-hetero) is 1. The first-order valence-electron chi connectivity index (χ1n) is 17.1. The fraction of sp³-hybridized carbons (Fsp3) is 0.568. The van der Waals surface area contributed by atoms with Crippen molar-refractivity contribution >= 4 is 36.9 Å². The summed E-state index contributed by atoms with van der Waals surface area (Å²) in [6.07, 6.45) is 11.2. The topological polar surface area (TPSA) is 119 Å². The molecule has 0 aromatic heterocycles. The number of rotatable bonds is 6. The maximum Gasteiger partial charge on any atom is 0.285 e. The number of anilines is 1. The van der Waals surface area contributed by atoms with Gasteiger partial charge in [-0.05, 0) is 93.0 Å². The largest absolute Gasteiger partial charge is 0.490 e. The number of nitrogens with zero attached hydrogens (tertiary/aromatic N) is 2. The number of ketones is 1. The molecule has 5 atom stereocenters. The molecule has 260 valence electrons. The zero-order valence-corrected chi connectivity index (χ0v) is 30.0. The third-order valence-electron chi connectivity index (χ3n) is 10.7. The van der Waals surface area contributed by atoms with Crippen molar-refractivity contribution < 1.29 is 31.7 Å². The van der Waals surface area contributed by atoms with Crippen LogP contribution in [0.2, 0.25) is 0 Å². The van der Waals surface area contributed by atoms with Crippen LogP contribution in [0.1, 0.15) is 72.0 Å². The summed E-state index contributed by atoms with van der Waals surface area (Å²) in [5.74, 6) is -0.386. The van der Waals surface area contributed by atoms with Gasteiger partial charge < -0.3 is 14.4 Å². The Morgan fingerprint density at radius 2 is 2.00 bits per heavy atom. The second-order valence-electron chi connectivity index (χ2n) is 14.4. The molecule has 1 spiro atoms. The van der Waals surface area contributed by atoms with Gasteiger partial charge in [-0.1, -0.05) is 35.9 Å². The van der Waals surface area contributed by atoms with Crippen LogP contribution < -0.4 is 9.64 Å². The highest BCUT2D eigenvalue weighted by Gasteiger charge is 2.44. The van der Waals surface area contributed by atoms with Gasteiger partial charge in [0.2, 0.25) is 0 Å². The minimum Gasteiger partial charge on any atom is -0.490 e. The molecule has 2 heterocycles. The van der Waals surface area contributed by atoms with E-state index in [1.54, 1.807) is 13.2 Å². The highest BCUT2D eigenvalue weighted by atomic mass is 32.2. The summed E-state index contributed by atoms with van der Waals surface area (Å²) in [7, 11) is -4.91. The minimum absolute atomic E-state index is 0.0498. The molecule has 2 bridgehead atoms. The zero-order valence-electron chi connectivity index (χ0n) is 28.3. The van der Waals surface area contributed by atoms with Gasteiger partial charge in [-0.25, -0.2) is 12.6 Å². The predicted octanol–water partition coefficient (Wildman–Crippen LogP) is 5.47. The third-order valence-corrected chi connectivity index (χ3v) is 13.8. The van der Waals surface area contributed by atoms with E-state index in [-0.39, 0.29) is 29.4 Å². The van der Waals surface area contributed by atoms with Crippen molar-refractivity contribution in [1.82, 2.24) is 0 Å². The summed E-state index contributed by atoms with van der Waals surface area (Å²) in [5, 5.41) is 0. The van der Waals surface area contributed by atoms with Crippen molar-refractivity contribution in [3.63, 3.8) is 0 Å². The first-order valence-corrected chi connectivity index (χ1v) is 21.1. The summed E-state index contributed by atoms with van der Waals surface area (Å²) >= 11 is 0. The normalized spacial score (nSPS) is 29.8. The van der Waals surface area contributed by atoms with Crippen LogP contribution in [0.3, 0.4) is 0 Å². The van der Waals surface area contributed by atoms with E-state index in [9.17, 15) is 22.2 Å². The Morgan fingerprint density at radius 1 is 1.17 bits per heavy atom. The average molecular weight is 697 g/mol. The maximum absolute atomic E-state index is 14.1. The van der Waals surface area contributed by atoms with E-state index in [0.717, 1.165) is 57.1 Å². The van der Waals surface area contributed by atoms with Gasteiger partial charge in [-0.3, -0.25) is 9.59 Å². The molecule has 2 aliphatic carbocycles. The van der Waals surface area contributed by atoms with Gasteiger partial charge in [0.25, 0.3) is 5.91 Å². The molecule has 0 radical (unpaired) electrons. The number of fused-ring (bicyclic) bond motifs is 4. The van der Waals surface area contributed by atoms with Gasteiger partial charge in [0.1, 0.15) is 21.4 Å². The van der Waals surface area contributed by atoms with Gasteiger partial charge in [-0.2, -0.15) is 4.36 Å². The molecule has 1 fully saturated rings. The van der Waals surface area contributed by atoms with E-state index >= 15 is 0 Å². The van der Waals surface area contributed by atoms with E-state index < -0.39 is 37.0 Å². The number of carbonyl (C=O) groups is 2. The van der Waals surface area contributed by atoms with E-state index in [4.69, 9.17) is 9.47 Å². The van der Waals surface area contributed by atoms with Crippen molar-refractivity contribution in [1.29, 1.82) is 0 Å². The van der Waals surface area contributed by atoms with E-state index in [1.807, 2.05) is 18.2 Å². The van der Waals surface area contributed by atoms with Crippen LogP contribution >= 0.6 is 0 Å². The lowest BCUT2D eigenvalue weighted by Crippen LogP contribution is -2.49. The summed E-state index contributed by atoms with van der Waals surface area (Å²) in [4.78, 5) is 29.0. The van der Waals surface area contributed by atoms with Crippen molar-refractivity contribution in [3.8, 4) is 5.75 Å². The van der Waals surface area contributed by atoms with Crippen LogP contribution in [0.5, 0.6) is 5.75 Å². The van der Waals surface area contributed by atoms with Gasteiger partial charge >= 0.3 is 0 Å². The number of amides is 1. The molecule has 0 saturated heterocycles. The fourth-order valence-electron chi connectivity index (χ4n) is 7.97. The molecular weight excluding hydrogens is 649 g/mol. The third kappa shape index (κ3) is 7.73. The second kappa shape index (κ2) is 14.1. The molecule has 0 unspecified atom stereocenters. The molecular formula is C37H48N2O7S2. The maximum atomic E-state index is 14.1. The zero-order chi connectivity index (χ0) is 34.1. The van der Waals surface area contributed by atoms with Crippen LogP contribution in [0.15, 0.2) is 52.9 Å². The second-order valence-corrected chi connectivity index (χ2v) is 19.0. The van der Waals surface area contributed by atoms with E-state index in [1.165, 1.54) is 16.7 Å². The van der Waals surface area contributed by atoms with Crippen molar-refractivity contribution in [2.75, 3.05) is 55.2 Å². The molecule has 2 aliphatic heterocycles. The number of ether oxygens (including phenoxy) is 2. The highest BCUT2D eigenvalue weighted by molar-refractivity contribution is 7.94. The molecule has 1 amide bonds. The van der Waals surface area contributed by atoms with E-state index in [2.05, 4.69) is 40.5 Å². The molecule has 2 aromatic carbocycles. The Bertz CT molecular complexity index is 1830. The monoisotopic (exact) mass is 696 g/mol. The number of allylic oxidation sites excluding steroid dienone is 1. The van der Waals surface area contributed by atoms with Gasteiger partial charge in [0.15, 0.2) is 0 Å². The molecule has 2 aromatic rings. The first kappa shape index (κ1) is 34.8. The summed E-state index contributed by atoms with van der Waals surface area (Å²) in [5.41, 5.74) is 4.88. The van der Waals surface area contributed by atoms with Crippen LogP contribution in [-0.4, -0.2) is 80.7 Å². The van der Waals surface area contributed by atoms with Crippen LogP contribution in [-0.2, 0) is 40.9 Å². The molecule has 6 rings (SSSR count). The lowest BCUT2D eigenvalue weighted by Gasteiger charge is -2.46. The van der Waals surface area contributed by atoms with Crippen LogP contribution in [0.25, 0.3) is 0 Å². The lowest BCUT2D eigenvalue weighted by atomic mass is 9.68. The molecule has 4 aliphatic rings. The van der Waals surface area contributed by atoms with Crippen molar-refractivity contribution in [2.24, 2.45) is 16.2 Å². The smallest absolute Gasteiger partial charge is 0.285 e. The Labute approximate surface area is 285 Å². The van der Waals surface area contributed by atoms with Gasteiger partial charge in [0, 0.05) is 49.6 Å². The summed E-state index contributed by atoms with van der Waals surface area (Å²) in [6.45, 7) is 4.20. The van der Waals surface area contributed by atoms with Crippen molar-refractivity contribution in [3.05, 3.63) is 70.8 Å². The number of sulfone groups is 1. The number of hydrogen-bond donors (Lipinski definition) is 0. The average Bonchev–Trinajstić information content (AvgIpc) is 3.17. The number of aryl methyl sites for hydroxylation is 2. The summed E-state index contributed by atoms with van der Waals surface area (Å²) < 4.78 is 54.3. The van der Waals surface area contributed by atoms with Gasteiger partial charge in [0.05, 0.1) is 39.6 Å². The number of hydrogen-bond acceptors (Lipinski definition) is 8. The van der Waals surface area contributed by atoms with Crippen LogP contribution in [0, 0.1) is 18.8 Å². The Morgan fingerprint density at radius 3 is 2.75 bits per heavy atom. The molecule has 48 heavy (non-hydrogen) atoms. The Kier molecular flexibility index (Phi) is 10.2. The standard InChI is InChI=1S/C37H48N2O7S2/c1-26-10-14-32-27(20-26)8-7-17-37(32)24-39-22-29-11-13-31(29)34(45-2)9-5-4-6-18-48(44,23-30(40)16-19-47(3,42)43)38-36(41)28-12-15-35(46-25-37)33(39)21-28/h5,9-10,12,14-15,20-21,29,31,34H,4,6-8,11,13,16-19,22-25H2,1-3H3/b9-5+/t29-,31+,34-,37-,48+/m0/s1. The first-order chi connectivity index (χ1) is 22.9. The number of carbonyl (C=O) groups excluding carboxylic acids is 2. The Hall–Kier alpha value is -3.02. The van der Waals surface area contributed by atoms with Gasteiger partial charge in [-0.15, -0.1) is 0 Å². The number of benzene rings is 2. The highest BCUT2D eigenvalue weighted by Crippen LogP contribution is 2.46. The fourth-order valence-corrected chi connectivity index (χ4v) is 10.5. The summed E-state index contributed by atoms with van der Waals surface area (Å²) in [6, 6.07) is 12.1. The molecule has 0 N–H and O–H groups in total. The molecule has 1 saturated carbocycles. The van der Waals surface area contributed by atoms with E-state index in [0.29, 0.717) is 42.6 Å². The van der Waals surface area contributed by atoms with Crippen LogP contribution in [0.4, 0.5) is 5.69 Å². The molecule has 9 nitrogen and oxygen atoms in total.